The van der Waals surface area contributed by atoms with Crippen LogP contribution in [-0.2, 0) is 4.79 Å². The second-order valence-electron chi connectivity index (χ2n) is 6.49. The number of carbonyl (C=O) groups is 2. The quantitative estimate of drug-likeness (QED) is 0.514. The molecule has 2 aromatic rings. The maximum absolute atomic E-state index is 12.7. The minimum absolute atomic E-state index is 0.164. The fourth-order valence-electron chi connectivity index (χ4n) is 2.77. The standard InChI is InChI=1S/C17H21N5O2.C2HF3O2/c1-24-14-5-3-2-4-12(14)15(23)13-10-20-17(22-16(13)18)21-11-6-8-19-9-7-11;3-2(4,5)1(6)7/h2-5,10-11,19H,6-9H2,1H3,(H3,18,20,21,22);(H,6,7). The van der Waals surface area contributed by atoms with Gasteiger partial charge in [-0.2, -0.15) is 18.2 Å². The Labute approximate surface area is 175 Å². The first-order valence-corrected chi connectivity index (χ1v) is 9.21. The van der Waals surface area contributed by atoms with Gasteiger partial charge in [-0.3, -0.25) is 4.79 Å². The zero-order valence-electron chi connectivity index (χ0n) is 16.6. The zero-order valence-corrected chi connectivity index (χ0v) is 16.6. The van der Waals surface area contributed by atoms with E-state index in [2.05, 4.69) is 20.6 Å². The van der Waals surface area contributed by atoms with Crippen LogP contribution in [0.3, 0.4) is 0 Å². The zero-order chi connectivity index (χ0) is 23.0. The maximum atomic E-state index is 12.7. The van der Waals surface area contributed by atoms with E-state index in [1.807, 2.05) is 6.07 Å². The van der Waals surface area contributed by atoms with Crippen molar-refractivity contribution in [1.29, 1.82) is 0 Å². The van der Waals surface area contributed by atoms with Crippen LogP contribution < -0.4 is 21.1 Å². The summed E-state index contributed by atoms with van der Waals surface area (Å²) in [5.74, 6) is -1.89. The lowest BCUT2D eigenvalue weighted by atomic mass is 10.0. The number of aliphatic carboxylic acids is 1. The molecule has 1 aromatic carbocycles. The van der Waals surface area contributed by atoms with Gasteiger partial charge in [0.25, 0.3) is 0 Å². The molecule has 31 heavy (non-hydrogen) atoms. The number of benzene rings is 1. The first-order valence-electron chi connectivity index (χ1n) is 9.21. The average Bonchev–Trinajstić information content (AvgIpc) is 2.74. The van der Waals surface area contributed by atoms with E-state index in [0.717, 1.165) is 25.9 Å². The van der Waals surface area contributed by atoms with Crippen LogP contribution in [0.2, 0.25) is 0 Å². The number of aromatic nitrogens is 2. The third kappa shape index (κ3) is 6.81. The molecular formula is C19H22F3N5O4. The van der Waals surface area contributed by atoms with Crippen molar-refractivity contribution in [2.75, 3.05) is 31.2 Å². The molecule has 1 aliphatic heterocycles. The van der Waals surface area contributed by atoms with Crippen LogP contribution in [0.15, 0.2) is 30.5 Å². The third-order valence-corrected chi connectivity index (χ3v) is 4.33. The molecule has 1 saturated heterocycles. The molecule has 0 bridgehead atoms. The van der Waals surface area contributed by atoms with E-state index in [1.165, 1.54) is 13.3 Å². The molecule has 0 amide bonds. The SMILES string of the molecule is COc1ccccc1C(=O)c1cnc(NC2CCNCC2)nc1N.O=C(O)C(F)(F)F. The number of ether oxygens (including phenoxy) is 1. The van der Waals surface area contributed by atoms with Crippen LogP contribution in [-0.4, -0.2) is 59.2 Å². The Morgan fingerprint density at radius 1 is 1.23 bits per heavy atom. The predicted molar refractivity (Wildman–Crippen MR) is 106 cm³/mol. The Hall–Kier alpha value is -3.41. The summed E-state index contributed by atoms with van der Waals surface area (Å²) < 4.78 is 37.0. The summed E-state index contributed by atoms with van der Waals surface area (Å²) in [6, 6.07) is 7.34. The van der Waals surface area contributed by atoms with Crippen LogP contribution in [0, 0.1) is 0 Å². The maximum Gasteiger partial charge on any atom is 0.490 e. The molecule has 0 atom stereocenters. The number of carboxylic acid groups (broad SMARTS) is 1. The fraction of sp³-hybridized carbons (Fsp3) is 0.368. The normalized spacial score (nSPS) is 14.2. The van der Waals surface area contributed by atoms with E-state index < -0.39 is 12.1 Å². The van der Waals surface area contributed by atoms with E-state index in [1.54, 1.807) is 18.2 Å². The smallest absolute Gasteiger partial charge is 0.490 e. The number of para-hydroxylation sites is 1. The first-order chi connectivity index (χ1) is 14.6. The number of hydrogen-bond acceptors (Lipinski definition) is 8. The molecule has 12 heteroatoms. The number of carbonyl (C=O) groups excluding carboxylic acids is 1. The van der Waals surface area contributed by atoms with Crippen molar-refractivity contribution < 1.29 is 32.6 Å². The summed E-state index contributed by atoms with van der Waals surface area (Å²) >= 11 is 0. The van der Waals surface area contributed by atoms with Gasteiger partial charge in [0.05, 0.1) is 18.2 Å². The number of nitrogens with zero attached hydrogens (tertiary/aromatic N) is 2. The van der Waals surface area contributed by atoms with Gasteiger partial charge in [0, 0.05) is 12.2 Å². The van der Waals surface area contributed by atoms with Crippen molar-refractivity contribution in [3.63, 3.8) is 0 Å². The summed E-state index contributed by atoms with van der Waals surface area (Å²) in [4.78, 5) is 30.1. The number of piperidine rings is 1. The molecule has 2 heterocycles. The predicted octanol–water partition coefficient (Wildman–Crippen LogP) is 2.10. The summed E-state index contributed by atoms with van der Waals surface area (Å²) in [5.41, 5.74) is 6.70. The lowest BCUT2D eigenvalue weighted by Crippen LogP contribution is -2.35. The second kappa shape index (κ2) is 10.6. The molecule has 0 unspecified atom stereocenters. The number of ketones is 1. The first kappa shape index (κ1) is 23.9. The highest BCUT2D eigenvalue weighted by molar-refractivity contribution is 6.13. The molecule has 0 aliphatic carbocycles. The lowest BCUT2D eigenvalue weighted by Gasteiger charge is -2.23. The number of halogens is 3. The highest BCUT2D eigenvalue weighted by Crippen LogP contribution is 2.23. The van der Waals surface area contributed by atoms with Gasteiger partial charge in [-0.25, -0.2) is 9.78 Å². The van der Waals surface area contributed by atoms with Crippen LogP contribution in [0.4, 0.5) is 24.9 Å². The summed E-state index contributed by atoms with van der Waals surface area (Å²) in [6.45, 7) is 1.94. The fourth-order valence-corrected chi connectivity index (χ4v) is 2.77. The lowest BCUT2D eigenvalue weighted by molar-refractivity contribution is -0.192. The van der Waals surface area contributed by atoms with Crippen LogP contribution in [0.1, 0.15) is 28.8 Å². The highest BCUT2D eigenvalue weighted by Gasteiger charge is 2.38. The number of nitrogens with two attached hydrogens (primary N) is 1. The molecular weight excluding hydrogens is 419 g/mol. The summed E-state index contributed by atoms with van der Waals surface area (Å²) in [6.07, 6.45) is -1.60. The Kier molecular flexibility index (Phi) is 8.14. The number of anilines is 2. The van der Waals surface area contributed by atoms with Gasteiger partial charge in [0.15, 0.2) is 0 Å². The molecule has 0 saturated carbocycles. The summed E-state index contributed by atoms with van der Waals surface area (Å²) in [5, 5.41) is 13.7. The van der Waals surface area contributed by atoms with Gasteiger partial charge in [-0.15, -0.1) is 0 Å². The number of hydrogen-bond donors (Lipinski definition) is 4. The van der Waals surface area contributed by atoms with Gasteiger partial charge in [0.2, 0.25) is 11.7 Å². The minimum Gasteiger partial charge on any atom is -0.496 e. The van der Waals surface area contributed by atoms with Gasteiger partial charge in [-0.05, 0) is 38.1 Å². The Bertz CT molecular complexity index is 918. The number of nitrogen functional groups attached to an aromatic ring is 1. The Morgan fingerprint density at radius 2 is 1.84 bits per heavy atom. The monoisotopic (exact) mass is 441 g/mol. The number of nitrogens with one attached hydrogen (secondary N) is 2. The van der Waals surface area contributed by atoms with E-state index in [4.69, 9.17) is 20.4 Å². The van der Waals surface area contributed by atoms with Crippen molar-refractivity contribution in [1.82, 2.24) is 15.3 Å². The number of alkyl halides is 3. The molecule has 168 valence electrons. The average molecular weight is 441 g/mol. The number of rotatable bonds is 5. The second-order valence-corrected chi connectivity index (χ2v) is 6.49. The molecule has 0 spiro atoms. The van der Waals surface area contributed by atoms with Crippen LogP contribution >= 0.6 is 0 Å². The van der Waals surface area contributed by atoms with Gasteiger partial charge in [0.1, 0.15) is 11.6 Å². The topological polar surface area (TPSA) is 139 Å². The van der Waals surface area contributed by atoms with Gasteiger partial charge >= 0.3 is 12.1 Å². The van der Waals surface area contributed by atoms with Crippen LogP contribution in [0.5, 0.6) is 5.75 Å². The van der Waals surface area contributed by atoms with Gasteiger partial charge < -0.3 is 26.2 Å². The van der Waals surface area contributed by atoms with Crippen molar-refractivity contribution in [2.45, 2.75) is 25.1 Å². The molecule has 3 rings (SSSR count). The van der Waals surface area contributed by atoms with Crippen molar-refractivity contribution in [3.8, 4) is 5.75 Å². The van der Waals surface area contributed by atoms with Crippen molar-refractivity contribution in [3.05, 3.63) is 41.6 Å². The highest BCUT2D eigenvalue weighted by atomic mass is 19.4. The molecule has 1 aromatic heterocycles. The van der Waals surface area contributed by atoms with E-state index >= 15 is 0 Å². The molecule has 9 nitrogen and oxygen atoms in total. The Morgan fingerprint density at radius 3 is 2.39 bits per heavy atom. The largest absolute Gasteiger partial charge is 0.496 e. The molecule has 0 radical (unpaired) electrons. The van der Waals surface area contributed by atoms with Crippen LogP contribution in [0.25, 0.3) is 0 Å². The summed E-state index contributed by atoms with van der Waals surface area (Å²) in [7, 11) is 1.53. The van der Waals surface area contributed by atoms with Gasteiger partial charge in [-0.1, -0.05) is 12.1 Å². The van der Waals surface area contributed by atoms with Crippen molar-refractivity contribution >= 4 is 23.5 Å². The number of methoxy groups -OCH3 is 1. The third-order valence-electron chi connectivity index (χ3n) is 4.33. The molecule has 1 aliphatic rings. The molecule has 5 N–H and O–H groups in total. The molecule has 1 fully saturated rings. The van der Waals surface area contributed by atoms with E-state index in [9.17, 15) is 18.0 Å². The minimum atomic E-state index is -5.08. The number of carboxylic acids is 1. The Balaban J connectivity index is 0.000000423. The van der Waals surface area contributed by atoms with E-state index in [-0.39, 0.29) is 17.2 Å². The van der Waals surface area contributed by atoms with E-state index in [0.29, 0.717) is 23.3 Å². The van der Waals surface area contributed by atoms with Crippen molar-refractivity contribution in [2.24, 2.45) is 0 Å².